The first-order chi connectivity index (χ1) is 9.08. The number of nitrogens with zero attached hydrogens (tertiary/aromatic N) is 2. The summed E-state index contributed by atoms with van der Waals surface area (Å²) in [5.41, 5.74) is 0. The second kappa shape index (κ2) is 4.67. The van der Waals surface area contributed by atoms with E-state index in [0.717, 1.165) is 19.3 Å². The zero-order chi connectivity index (χ0) is 13.6. The van der Waals surface area contributed by atoms with E-state index in [1.807, 2.05) is 0 Å². The summed E-state index contributed by atoms with van der Waals surface area (Å²) >= 11 is 0. The van der Waals surface area contributed by atoms with Crippen molar-refractivity contribution < 1.29 is 19.8 Å². The van der Waals surface area contributed by atoms with Gasteiger partial charge in [-0.3, -0.25) is 0 Å². The predicted octanol–water partition coefficient (Wildman–Crippen LogP) is 0.358. The molecular formula is C13H20N2O4. The molecule has 3 rings (SSSR count). The Balaban J connectivity index is 1.67. The molecule has 4 unspecified atom stereocenters. The van der Waals surface area contributed by atoms with Gasteiger partial charge in [-0.1, -0.05) is 0 Å². The van der Waals surface area contributed by atoms with Crippen LogP contribution in [0.3, 0.4) is 0 Å². The van der Waals surface area contributed by atoms with Crippen LogP contribution in [0.15, 0.2) is 0 Å². The molecule has 106 valence electrons. The smallest absolute Gasteiger partial charge is 0.326 e. The number of aliphatic carboxylic acids is 1. The van der Waals surface area contributed by atoms with Gasteiger partial charge in [-0.15, -0.1) is 0 Å². The molecule has 0 aromatic carbocycles. The number of urea groups is 1. The maximum Gasteiger partial charge on any atom is 0.326 e. The van der Waals surface area contributed by atoms with Crippen molar-refractivity contribution in [3.63, 3.8) is 0 Å². The lowest BCUT2D eigenvalue weighted by Gasteiger charge is -2.28. The van der Waals surface area contributed by atoms with Gasteiger partial charge in [-0.05, 0) is 31.6 Å². The van der Waals surface area contributed by atoms with E-state index in [2.05, 4.69) is 0 Å². The largest absolute Gasteiger partial charge is 0.480 e. The molecule has 6 nitrogen and oxygen atoms in total. The lowest BCUT2D eigenvalue weighted by molar-refractivity contribution is -0.141. The molecule has 0 aromatic rings. The van der Waals surface area contributed by atoms with Crippen molar-refractivity contribution >= 4 is 12.0 Å². The number of aliphatic hydroxyl groups is 1. The fourth-order valence-corrected chi connectivity index (χ4v) is 3.83. The summed E-state index contributed by atoms with van der Waals surface area (Å²) in [7, 11) is 0. The minimum Gasteiger partial charge on any atom is -0.480 e. The van der Waals surface area contributed by atoms with Gasteiger partial charge in [0.1, 0.15) is 6.04 Å². The molecule has 0 bridgehead atoms. The van der Waals surface area contributed by atoms with Gasteiger partial charge in [0.05, 0.1) is 6.10 Å². The second-order valence-electron chi connectivity index (χ2n) is 5.95. The molecule has 3 aliphatic rings. The Hall–Kier alpha value is -1.30. The van der Waals surface area contributed by atoms with E-state index in [1.54, 1.807) is 4.90 Å². The van der Waals surface area contributed by atoms with Gasteiger partial charge in [0, 0.05) is 25.6 Å². The van der Waals surface area contributed by atoms with Crippen LogP contribution in [0.4, 0.5) is 4.79 Å². The van der Waals surface area contributed by atoms with Crippen molar-refractivity contribution in [3.8, 4) is 0 Å². The van der Waals surface area contributed by atoms with Crippen LogP contribution in [0.2, 0.25) is 0 Å². The van der Waals surface area contributed by atoms with Crippen LogP contribution >= 0.6 is 0 Å². The quantitative estimate of drug-likeness (QED) is 0.719. The normalized spacial score (nSPS) is 37.7. The Kier molecular flexibility index (Phi) is 3.12. The zero-order valence-electron chi connectivity index (χ0n) is 10.9. The number of carbonyl (C=O) groups is 2. The summed E-state index contributed by atoms with van der Waals surface area (Å²) in [5.74, 6) is -0.329. The van der Waals surface area contributed by atoms with E-state index < -0.39 is 12.0 Å². The monoisotopic (exact) mass is 268 g/mol. The molecule has 0 aromatic heterocycles. The molecule has 6 heteroatoms. The van der Waals surface area contributed by atoms with Gasteiger partial charge in [0.15, 0.2) is 0 Å². The van der Waals surface area contributed by atoms with E-state index >= 15 is 0 Å². The molecule has 0 spiro atoms. The number of hydrogen-bond acceptors (Lipinski definition) is 3. The summed E-state index contributed by atoms with van der Waals surface area (Å²) in [5, 5.41) is 19.0. The summed E-state index contributed by atoms with van der Waals surface area (Å²) in [6, 6.07) is -0.829. The van der Waals surface area contributed by atoms with E-state index in [0.29, 0.717) is 32.0 Å². The molecular weight excluding hydrogens is 248 g/mol. The molecule has 1 saturated carbocycles. The number of hydrogen-bond donors (Lipinski definition) is 2. The number of carbonyl (C=O) groups excluding carboxylic acids is 1. The highest BCUT2D eigenvalue weighted by Crippen LogP contribution is 2.38. The second-order valence-corrected chi connectivity index (χ2v) is 5.95. The fraction of sp³-hybridized carbons (Fsp3) is 0.846. The minimum absolute atomic E-state index is 0.161. The fourth-order valence-electron chi connectivity index (χ4n) is 3.83. The SMILES string of the molecule is O=C(O)C1CCCN1C(=O)N1CC2CCC(O)C2C1. The van der Waals surface area contributed by atoms with Crippen molar-refractivity contribution in [2.75, 3.05) is 19.6 Å². The first kappa shape index (κ1) is 12.7. The van der Waals surface area contributed by atoms with Gasteiger partial charge in [0.25, 0.3) is 0 Å². The average Bonchev–Trinajstić information content (AvgIpc) is 3.05. The lowest BCUT2D eigenvalue weighted by Crippen LogP contribution is -2.47. The zero-order valence-corrected chi connectivity index (χ0v) is 10.9. The third-order valence-corrected chi connectivity index (χ3v) is 4.87. The number of carboxylic acids is 1. The van der Waals surface area contributed by atoms with E-state index in [1.165, 1.54) is 4.90 Å². The maximum absolute atomic E-state index is 12.4. The first-order valence-corrected chi connectivity index (χ1v) is 7.04. The lowest BCUT2D eigenvalue weighted by atomic mass is 10.00. The van der Waals surface area contributed by atoms with Crippen LogP contribution in [0.5, 0.6) is 0 Å². The van der Waals surface area contributed by atoms with Crippen LogP contribution in [0.25, 0.3) is 0 Å². The minimum atomic E-state index is -0.912. The Bertz CT molecular complexity index is 400. The van der Waals surface area contributed by atoms with Gasteiger partial charge in [-0.25, -0.2) is 9.59 Å². The van der Waals surface area contributed by atoms with E-state index in [9.17, 15) is 14.7 Å². The summed E-state index contributed by atoms with van der Waals surface area (Å²) in [4.78, 5) is 26.8. The Labute approximate surface area is 112 Å². The third kappa shape index (κ3) is 2.08. The van der Waals surface area contributed by atoms with Crippen molar-refractivity contribution in [1.82, 2.24) is 9.80 Å². The van der Waals surface area contributed by atoms with Crippen LogP contribution in [-0.4, -0.2) is 63.8 Å². The van der Waals surface area contributed by atoms with Crippen LogP contribution in [0.1, 0.15) is 25.7 Å². The topological polar surface area (TPSA) is 81.1 Å². The molecule has 1 aliphatic carbocycles. The first-order valence-electron chi connectivity index (χ1n) is 7.04. The van der Waals surface area contributed by atoms with Gasteiger partial charge >= 0.3 is 12.0 Å². The van der Waals surface area contributed by atoms with Crippen LogP contribution in [0, 0.1) is 11.8 Å². The molecule has 2 saturated heterocycles. The van der Waals surface area contributed by atoms with Crippen LogP contribution in [-0.2, 0) is 4.79 Å². The van der Waals surface area contributed by atoms with Crippen molar-refractivity contribution in [3.05, 3.63) is 0 Å². The number of carboxylic acid groups (broad SMARTS) is 1. The maximum atomic E-state index is 12.4. The highest BCUT2D eigenvalue weighted by atomic mass is 16.4. The number of rotatable bonds is 1. The van der Waals surface area contributed by atoms with Gasteiger partial charge < -0.3 is 20.0 Å². The predicted molar refractivity (Wildman–Crippen MR) is 66.6 cm³/mol. The molecule has 2 N–H and O–H groups in total. The average molecular weight is 268 g/mol. The van der Waals surface area contributed by atoms with Gasteiger partial charge in [-0.2, -0.15) is 0 Å². The summed E-state index contributed by atoms with van der Waals surface area (Å²) in [6.45, 7) is 1.78. The molecule has 4 atom stereocenters. The van der Waals surface area contributed by atoms with Crippen molar-refractivity contribution in [2.45, 2.75) is 37.8 Å². The van der Waals surface area contributed by atoms with Crippen molar-refractivity contribution in [1.29, 1.82) is 0 Å². The Morgan fingerprint density at radius 2 is 1.89 bits per heavy atom. The standard InChI is InChI=1S/C13H20N2O4/c16-11-4-3-8-6-14(7-9(8)11)13(19)15-5-1-2-10(15)12(17)18/h8-11,16H,1-7H2,(H,17,18). The van der Waals surface area contributed by atoms with Crippen molar-refractivity contribution in [2.24, 2.45) is 11.8 Å². The molecule has 3 fully saturated rings. The number of fused-ring (bicyclic) bond motifs is 1. The molecule has 0 radical (unpaired) electrons. The number of amides is 2. The highest BCUT2D eigenvalue weighted by Gasteiger charge is 2.45. The molecule has 2 aliphatic heterocycles. The Morgan fingerprint density at radius 1 is 1.11 bits per heavy atom. The van der Waals surface area contributed by atoms with Gasteiger partial charge in [0.2, 0.25) is 0 Å². The van der Waals surface area contributed by atoms with Crippen LogP contribution < -0.4 is 0 Å². The highest BCUT2D eigenvalue weighted by molar-refractivity contribution is 5.83. The molecule has 19 heavy (non-hydrogen) atoms. The summed E-state index contributed by atoms with van der Waals surface area (Å²) < 4.78 is 0. The third-order valence-electron chi connectivity index (χ3n) is 4.87. The van der Waals surface area contributed by atoms with E-state index in [4.69, 9.17) is 5.11 Å². The number of aliphatic hydroxyl groups excluding tert-OH is 1. The number of likely N-dealkylation sites (tertiary alicyclic amines) is 2. The van der Waals surface area contributed by atoms with E-state index in [-0.39, 0.29) is 18.1 Å². The molecule has 2 heterocycles. The Morgan fingerprint density at radius 3 is 2.58 bits per heavy atom. The molecule has 2 amide bonds. The summed E-state index contributed by atoms with van der Waals surface area (Å²) in [6.07, 6.45) is 2.81.